The minimum Gasteiger partial charge on any atom is -0.504 e. The largest absolute Gasteiger partial charge is 0.504 e. The number of aryl methyl sites for hydroxylation is 2. The Bertz CT molecular complexity index is 722. The van der Waals surface area contributed by atoms with E-state index in [-0.39, 0.29) is 23.3 Å². The minimum absolute atomic E-state index is 0.0554. The molecule has 0 aliphatic carbocycles. The highest BCUT2D eigenvalue weighted by Gasteiger charge is 2.16. The third kappa shape index (κ3) is 3.83. The van der Waals surface area contributed by atoms with Gasteiger partial charge in [0.25, 0.3) is 0 Å². The zero-order valence-corrected chi connectivity index (χ0v) is 13.9. The Morgan fingerprint density at radius 2 is 2.00 bits per heavy atom. The van der Waals surface area contributed by atoms with Gasteiger partial charge in [0.2, 0.25) is 5.91 Å². The van der Waals surface area contributed by atoms with E-state index in [9.17, 15) is 15.0 Å². The van der Waals surface area contributed by atoms with Crippen LogP contribution in [0.15, 0.2) is 18.2 Å². The smallest absolute Gasteiger partial charge is 0.223 e. The molecule has 0 spiro atoms. The van der Waals surface area contributed by atoms with Crippen molar-refractivity contribution >= 4 is 5.91 Å². The monoisotopic (exact) mass is 317 g/mol. The number of phenols is 2. The molecule has 0 saturated carbocycles. The molecule has 1 amide bonds. The van der Waals surface area contributed by atoms with E-state index >= 15 is 0 Å². The van der Waals surface area contributed by atoms with Crippen molar-refractivity contribution in [2.45, 2.75) is 33.7 Å². The van der Waals surface area contributed by atoms with Crippen LogP contribution in [0.2, 0.25) is 0 Å². The molecule has 2 aromatic rings. The number of carbonyl (C=O) groups excluding carboxylic acids is 1. The summed E-state index contributed by atoms with van der Waals surface area (Å²) in [5.41, 5.74) is 3.80. The first-order valence-corrected chi connectivity index (χ1v) is 7.57. The molecular weight excluding hydrogens is 294 g/mol. The molecule has 1 heterocycles. The number of aromatic nitrogens is 2. The standard InChI is InChI=1S/C17H23N3O3/c1-10(7-13-5-6-15(21)16(22)8-13)17(23)18-9-14-11(2)19-20(4)12(14)3/h5-6,8,10,21-22H,7,9H2,1-4H3,(H,18,23). The van der Waals surface area contributed by atoms with E-state index in [1.165, 1.54) is 12.1 Å². The maximum absolute atomic E-state index is 12.3. The van der Waals surface area contributed by atoms with Crippen molar-refractivity contribution in [2.75, 3.05) is 0 Å². The van der Waals surface area contributed by atoms with Crippen LogP contribution in [0.4, 0.5) is 0 Å². The average Bonchev–Trinajstić information content (AvgIpc) is 2.73. The van der Waals surface area contributed by atoms with E-state index in [0.717, 1.165) is 22.5 Å². The van der Waals surface area contributed by atoms with Gasteiger partial charge >= 0.3 is 0 Å². The molecule has 1 aromatic heterocycles. The van der Waals surface area contributed by atoms with Crippen molar-refractivity contribution in [3.8, 4) is 11.5 Å². The summed E-state index contributed by atoms with van der Waals surface area (Å²) < 4.78 is 1.81. The molecule has 1 aromatic carbocycles. The number of carbonyl (C=O) groups is 1. The van der Waals surface area contributed by atoms with E-state index in [0.29, 0.717) is 13.0 Å². The molecule has 6 heteroatoms. The number of amides is 1. The van der Waals surface area contributed by atoms with Crippen LogP contribution in [-0.2, 0) is 24.8 Å². The fourth-order valence-corrected chi connectivity index (χ4v) is 2.57. The van der Waals surface area contributed by atoms with Gasteiger partial charge in [-0.25, -0.2) is 0 Å². The van der Waals surface area contributed by atoms with Gasteiger partial charge in [0, 0.05) is 30.8 Å². The second-order valence-corrected chi connectivity index (χ2v) is 5.92. The highest BCUT2D eigenvalue weighted by atomic mass is 16.3. The lowest BCUT2D eigenvalue weighted by Crippen LogP contribution is -2.30. The summed E-state index contributed by atoms with van der Waals surface area (Å²) in [5.74, 6) is -0.624. The Hall–Kier alpha value is -2.50. The van der Waals surface area contributed by atoms with Crippen LogP contribution in [0, 0.1) is 19.8 Å². The molecule has 0 radical (unpaired) electrons. The van der Waals surface area contributed by atoms with E-state index in [1.54, 1.807) is 10.7 Å². The van der Waals surface area contributed by atoms with Crippen LogP contribution in [-0.4, -0.2) is 25.9 Å². The maximum atomic E-state index is 12.3. The summed E-state index contributed by atoms with van der Waals surface area (Å²) in [7, 11) is 1.88. The summed E-state index contributed by atoms with van der Waals surface area (Å²) in [6.07, 6.45) is 0.491. The molecule has 1 atom stereocenters. The fraction of sp³-hybridized carbons (Fsp3) is 0.412. The lowest BCUT2D eigenvalue weighted by molar-refractivity contribution is -0.124. The first-order valence-electron chi connectivity index (χ1n) is 7.57. The van der Waals surface area contributed by atoms with Crippen LogP contribution >= 0.6 is 0 Å². The van der Waals surface area contributed by atoms with Crippen LogP contribution in [0.1, 0.15) is 29.4 Å². The molecule has 1 unspecified atom stereocenters. The van der Waals surface area contributed by atoms with Crippen LogP contribution in [0.25, 0.3) is 0 Å². The van der Waals surface area contributed by atoms with Gasteiger partial charge in [-0.2, -0.15) is 5.10 Å². The predicted molar refractivity (Wildman–Crippen MR) is 87.2 cm³/mol. The van der Waals surface area contributed by atoms with Gasteiger partial charge in [-0.05, 0) is 38.0 Å². The van der Waals surface area contributed by atoms with Gasteiger partial charge in [0.15, 0.2) is 11.5 Å². The first-order chi connectivity index (χ1) is 10.8. The number of aromatic hydroxyl groups is 2. The quantitative estimate of drug-likeness (QED) is 0.736. The second-order valence-electron chi connectivity index (χ2n) is 5.92. The molecule has 0 saturated heterocycles. The van der Waals surface area contributed by atoms with Crippen molar-refractivity contribution in [1.29, 1.82) is 0 Å². The lowest BCUT2D eigenvalue weighted by Gasteiger charge is -2.13. The summed E-state index contributed by atoms with van der Waals surface area (Å²) in [4.78, 5) is 12.3. The third-order valence-electron chi connectivity index (χ3n) is 4.13. The minimum atomic E-state index is -0.240. The Morgan fingerprint density at radius 1 is 1.30 bits per heavy atom. The number of phenolic OH excluding ortho intramolecular Hbond substituents is 2. The number of hydrogen-bond acceptors (Lipinski definition) is 4. The number of nitrogens with zero attached hydrogens (tertiary/aromatic N) is 2. The molecular formula is C17H23N3O3. The van der Waals surface area contributed by atoms with Crippen LogP contribution in [0.5, 0.6) is 11.5 Å². The Kier molecular flexibility index (Phi) is 4.93. The van der Waals surface area contributed by atoms with Crippen LogP contribution < -0.4 is 5.32 Å². The number of hydrogen-bond donors (Lipinski definition) is 3. The topological polar surface area (TPSA) is 87.4 Å². The number of benzene rings is 1. The average molecular weight is 317 g/mol. The lowest BCUT2D eigenvalue weighted by atomic mass is 10.00. The van der Waals surface area contributed by atoms with E-state index in [1.807, 2.05) is 27.8 Å². The van der Waals surface area contributed by atoms with Gasteiger partial charge < -0.3 is 15.5 Å². The molecule has 3 N–H and O–H groups in total. The molecule has 0 aliphatic rings. The first kappa shape index (κ1) is 16.9. The third-order valence-corrected chi connectivity index (χ3v) is 4.13. The summed E-state index contributed by atoms with van der Waals surface area (Å²) in [5, 5.41) is 26.1. The number of rotatable bonds is 5. The van der Waals surface area contributed by atoms with Crippen molar-refractivity contribution < 1.29 is 15.0 Å². The molecule has 6 nitrogen and oxygen atoms in total. The second kappa shape index (κ2) is 6.73. The summed E-state index contributed by atoms with van der Waals surface area (Å²) in [6, 6.07) is 4.61. The van der Waals surface area contributed by atoms with Gasteiger partial charge in [-0.15, -0.1) is 0 Å². The zero-order valence-electron chi connectivity index (χ0n) is 13.9. The molecule has 2 rings (SSSR count). The van der Waals surface area contributed by atoms with Crippen molar-refractivity contribution in [2.24, 2.45) is 13.0 Å². The Morgan fingerprint density at radius 3 is 2.57 bits per heavy atom. The predicted octanol–water partition coefficient (Wildman–Crippen LogP) is 1.94. The van der Waals surface area contributed by atoms with E-state index < -0.39 is 0 Å². The molecule has 23 heavy (non-hydrogen) atoms. The SMILES string of the molecule is Cc1nn(C)c(C)c1CNC(=O)C(C)Cc1ccc(O)c(O)c1. The zero-order chi connectivity index (χ0) is 17.1. The fourth-order valence-electron chi connectivity index (χ4n) is 2.57. The van der Waals surface area contributed by atoms with Crippen molar-refractivity contribution in [3.05, 3.63) is 40.7 Å². The van der Waals surface area contributed by atoms with Crippen LogP contribution in [0.3, 0.4) is 0 Å². The molecule has 0 aliphatic heterocycles. The van der Waals surface area contributed by atoms with E-state index in [4.69, 9.17) is 0 Å². The molecule has 0 fully saturated rings. The molecule has 0 bridgehead atoms. The van der Waals surface area contributed by atoms with Gasteiger partial charge in [-0.1, -0.05) is 13.0 Å². The molecule has 124 valence electrons. The Labute approximate surface area is 135 Å². The highest BCUT2D eigenvalue weighted by Crippen LogP contribution is 2.26. The van der Waals surface area contributed by atoms with Gasteiger partial charge in [0.05, 0.1) is 5.69 Å². The summed E-state index contributed by atoms with van der Waals surface area (Å²) >= 11 is 0. The Balaban J connectivity index is 1.96. The number of nitrogens with one attached hydrogen (secondary N) is 1. The van der Waals surface area contributed by atoms with Gasteiger partial charge in [-0.3, -0.25) is 9.48 Å². The van der Waals surface area contributed by atoms with Crippen molar-refractivity contribution in [1.82, 2.24) is 15.1 Å². The highest BCUT2D eigenvalue weighted by molar-refractivity contribution is 5.78. The van der Waals surface area contributed by atoms with Gasteiger partial charge in [0.1, 0.15) is 0 Å². The maximum Gasteiger partial charge on any atom is 0.223 e. The van der Waals surface area contributed by atoms with Crippen molar-refractivity contribution in [3.63, 3.8) is 0 Å². The van der Waals surface area contributed by atoms with E-state index in [2.05, 4.69) is 10.4 Å². The normalized spacial score (nSPS) is 12.2. The summed E-state index contributed by atoms with van der Waals surface area (Å²) in [6.45, 7) is 6.19.